The summed E-state index contributed by atoms with van der Waals surface area (Å²) in [7, 11) is 0. The van der Waals surface area contributed by atoms with E-state index in [-0.39, 0.29) is 12.1 Å². The van der Waals surface area contributed by atoms with Crippen molar-refractivity contribution in [2.75, 3.05) is 0 Å². The van der Waals surface area contributed by atoms with Gasteiger partial charge in [-0.1, -0.05) is 12.8 Å². The highest BCUT2D eigenvalue weighted by Gasteiger charge is 2.13. The molecule has 1 rings (SSSR count). The molecule has 12 heavy (non-hydrogen) atoms. The Bertz CT molecular complexity index is 135. The van der Waals surface area contributed by atoms with Gasteiger partial charge in [0.15, 0.2) is 0 Å². The molecule has 69 valence electrons. The van der Waals surface area contributed by atoms with Gasteiger partial charge in [-0.3, -0.25) is 4.79 Å². The molecular formula is C10H17O2. The summed E-state index contributed by atoms with van der Waals surface area (Å²) in [5, 5.41) is 0. The van der Waals surface area contributed by atoms with E-state index in [0.717, 1.165) is 25.7 Å². The zero-order valence-corrected chi connectivity index (χ0v) is 7.71. The third kappa shape index (κ3) is 3.74. The minimum atomic E-state index is -0.135. The Labute approximate surface area is 74.3 Å². The van der Waals surface area contributed by atoms with Crippen LogP contribution in [-0.2, 0) is 9.53 Å². The van der Waals surface area contributed by atoms with E-state index in [9.17, 15) is 4.79 Å². The Kier molecular flexibility index (Phi) is 4.12. The first-order valence-corrected chi connectivity index (χ1v) is 4.78. The monoisotopic (exact) mass is 169 g/mol. The van der Waals surface area contributed by atoms with Crippen molar-refractivity contribution >= 4 is 5.97 Å². The van der Waals surface area contributed by atoms with E-state index in [2.05, 4.69) is 6.42 Å². The van der Waals surface area contributed by atoms with E-state index < -0.39 is 0 Å². The van der Waals surface area contributed by atoms with Gasteiger partial charge in [-0.05, 0) is 32.1 Å². The van der Waals surface area contributed by atoms with Crippen molar-refractivity contribution < 1.29 is 9.53 Å². The average Bonchev–Trinajstić information content (AvgIpc) is 1.93. The molecule has 1 saturated carbocycles. The molecule has 0 bridgehead atoms. The molecule has 0 aromatic heterocycles. The molecule has 0 atom stereocenters. The fourth-order valence-electron chi connectivity index (χ4n) is 1.62. The minimum Gasteiger partial charge on any atom is -0.463 e. The van der Waals surface area contributed by atoms with Crippen LogP contribution in [0.5, 0.6) is 0 Å². The molecule has 1 aliphatic carbocycles. The predicted molar refractivity (Wildman–Crippen MR) is 47.6 cm³/mol. The molecular weight excluding hydrogens is 152 g/mol. The zero-order valence-electron chi connectivity index (χ0n) is 7.71. The minimum absolute atomic E-state index is 0.135. The lowest BCUT2D eigenvalue weighted by molar-refractivity contribution is -0.147. The van der Waals surface area contributed by atoms with Gasteiger partial charge in [0, 0.05) is 6.92 Å². The summed E-state index contributed by atoms with van der Waals surface area (Å²) < 4.78 is 5.17. The maximum atomic E-state index is 10.7. The number of rotatable bonds is 1. The Morgan fingerprint density at radius 2 is 1.92 bits per heavy atom. The van der Waals surface area contributed by atoms with Gasteiger partial charge in [-0.2, -0.15) is 0 Å². The second-order valence-electron chi connectivity index (χ2n) is 3.38. The normalized spacial score (nSPS) is 21.1. The number of carbonyl (C=O) groups excluding carboxylic acids is 1. The highest BCUT2D eigenvalue weighted by atomic mass is 16.5. The van der Waals surface area contributed by atoms with Crippen LogP contribution >= 0.6 is 0 Å². The lowest BCUT2D eigenvalue weighted by atomic mass is 9.99. The van der Waals surface area contributed by atoms with Gasteiger partial charge in [0.05, 0.1) is 0 Å². The molecule has 1 fully saturated rings. The Morgan fingerprint density at radius 1 is 1.33 bits per heavy atom. The standard InChI is InChI=1S/C10H17O2/c1-9(11)12-10-7-5-3-2-4-6-8-10/h2,10H,3-8H2,1H3. The summed E-state index contributed by atoms with van der Waals surface area (Å²) in [5.74, 6) is -0.135. The van der Waals surface area contributed by atoms with Crippen LogP contribution in [0.4, 0.5) is 0 Å². The molecule has 2 heteroatoms. The van der Waals surface area contributed by atoms with Crippen LogP contribution in [0.15, 0.2) is 0 Å². The van der Waals surface area contributed by atoms with Crippen molar-refractivity contribution in [1.82, 2.24) is 0 Å². The van der Waals surface area contributed by atoms with Crippen molar-refractivity contribution in [2.45, 2.75) is 51.6 Å². The summed E-state index contributed by atoms with van der Waals surface area (Å²) in [6, 6.07) is 0. The molecule has 0 N–H and O–H groups in total. The molecule has 0 aliphatic heterocycles. The molecule has 0 spiro atoms. The Balaban J connectivity index is 2.24. The molecule has 0 aromatic carbocycles. The SMILES string of the molecule is CC(=O)OC1CCC[CH]CCC1. The van der Waals surface area contributed by atoms with Crippen molar-refractivity contribution in [1.29, 1.82) is 0 Å². The lowest BCUT2D eigenvalue weighted by Crippen LogP contribution is -2.17. The summed E-state index contributed by atoms with van der Waals surface area (Å²) >= 11 is 0. The molecule has 0 unspecified atom stereocenters. The molecule has 1 aliphatic rings. The van der Waals surface area contributed by atoms with Gasteiger partial charge in [0.2, 0.25) is 0 Å². The van der Waals surface area contributed by atoms with Crippen LogP contribution in [-0.4, -0.2) is 12.1 Å². The second kappa shape index (κ2) is 5.18. The summed E-state index contributed by atoms with van der Waals surface area (Å²) in [5.41, 5.74) is 0. The van der Waals surface area contributed by atoms with Gasteiger partial charge in [-0.15, -0.1) is 0 Å². The Morgan fingerprint density at radius 3 is 2.42 bits per heavy atom. The van der Waals surface area contributed by atoms with Crippen molar-refractivity contribution in [3.63, 3.8) is 0 Å². The van der Waals surface area contributed by atoms with Crippen LogP contribution < -0.4 is 0 Å². The van der Waals surface area contributed by atoms with Crippen LogP contribution in [0.2, 0.25) is 0 Å². The van der Waals surface area contributed by atoms with E-state index >= 15 is 0 Å². The number of hydrogen-bond acceptors (Lipinski definition) is 2. The molecule has 1 radical (unpaired) electrons. The van der Waals surface area contributed by atoms with Gasteiger partial charge >= 0.3 is 5.97 Å². The highest BCUT2D eigenvalue weighted by Crippen LogP contribution is 2.18. The lowest BCUT2D eigenvalue weighted by Gasteiger charge is -2.18. The first kappa shape index (κ1) is 9.56. The van der Waals surface area contributed by atoms with Crippen LogP contribution in [0.3, 0.4) is 0 Å². The Hall–Kier alpha value is -0.530. The van der Waals surface area contributed by atoms with Crippen LogP contribution in [0.1, 0.15) is 45.4 Å². The van der Waals surface area contributed by atoms with Crippen molar-refractivity contribution in [2.24, 2.45) is 0 Å². The summed E-state index contributed by atoms with van der Waals surface area (Å²) in [6.07, 6.45) is 9.29. The fraction of sp³-hybridized carbons (Fsp3) is 0.800. The quantitative estimate of drug-likeness (QED) is 0.564. The number of hydrogen-bond donors (Lipinski definition) is 0. The molecule has 0 amide bonds. The number of ether oxygens (including phenoxy) is 1. The third-order valence-corrected chi connectivity index (χ3v) is 2.20. The largest absolute Gasteiger partial charge is 0.463 e. The fourth-order valence-corrected chi connectivity index (χ4v) is 1.62. The van der Waals surface area contributed by atoms with E-state index in [4.69, 9.17) is 4.74 Å². The van der Waals surface area contributed by atoms with Gasteiger partial charge < -0.3 is 4.74 Å². The first-order valence-electron chi connectivity index (χ1n) is 4.78. The average molecular weight is 169 g/mol. The maximum absolute atomic E-state index is 10.7. The maximum Gasteiger partial charge on any atom is 0.302 e. The smallest absolute Gasteiger partial charge is 0.302 e. The van der Waals surface area contributed by atoms with Gasteiger partial charge in [0.25, 0.3) is 0 Å². The zero-order chi connectivity index (χ0) is 8.81. The molecule has 0 heterocycles. The summed E-state index contributed by atoms with van der Waals surface area (Å²) in [4.78, 5) is 10.7. The number of esters is 1. The predicted octanol–water partition coefficient (Wildman–Crippen LogP) is 2.48. The summed E-state index contributed by atoms with van der Waals surface area (Å²) in [6.45, 7) is 1.49. The molecule has 0 saturated heterocycles. The third-order valence-electron chi connectivity index (χ3n) is 2.20. The van der Waals surface area contributed by atoms with Gasteiger partial charge in [0.1, 0.15) is 6.10 Å². The van der Waals surface area contributed by atoms with E-state index in [1.807, 2.05) is 0 Å². The van der Waals surface area contributed by atoms with E-state index in [1.54, 1.807) is 0 Å². The van der Waals surface area contributed by atoms with Crippen LogP contribution in [0, 0.1) is 6.42 Å². The van der Waals surface area contributed by atoms with Crippen LogP contribution in [0.25, 0.3) is 0 Å². The topological polar surface area (TPSA) is 26.3 Å². The second-order valence-corrected chi connectivity index (χ2v) is 3.38. The highest BCUT2D eigenvalue weighted by molar-refractivity contribution is 5.66. The van der Waals surface area contributed by atoms with E-state index in [1.165, 1.54) is 19.8 Å². The van der Waals surface area contributed by atoms with E-state index in [0.29, 0.717) is 0 Å². The number of carbonyl (C=O) groups is 1. The molecule has 0 aromatic rings. The van der Waals surface area contributed by atoms with Crippen molar-refractivity contribution in [3.8, 4) is 0 Å². The van der Waals surface area contributed by atoms with Gasteiger partial charge in [-0.25, -0.2) is 0 Å². The first-order chi connectivity index (χ1) is 5.79. The van der Waals surface area contributed by atoms with Crippen molar-refractivity contribution in [3.05, 3.63) is 6.42 Å². The molecule has 2 nitrogen and oxygen atoms in total.